The molecule has 0 saturated heterocycles. The van der Waals surface area contributed by atoms with Gasteiger partial charge in [0.05, 0.1) is 0 Å². The molecule has 0 radical (unpaired) electrons. The Bertz CT molecular complexity index is 496. The maximum atomic E-state index is 12.2. The number of hydrogen-bond donors (Lipinski definition) is 1. The lowest BCUT2D eigenvalue weighted by molar-refractivity contribution is -0.131. The number of nitrogens with two attached hydrogens (primary N) is 1. The van der Waals surface area contributed by atoms with E-state index >= 15 is 0 Å². The zero-order valence-electron chi connectivity index (χ0n) is 10.2. The van der Waals surface area contributed by atoms with Gasteiger partial charge in [-0.1, -0.05) is 30.3 Å². The van der Waals surface area contributed by atoms with Gasteiger partial charge in [-0.15, -0.1) is 0 Å². The summed E-state index contributed by atoms with van der Waals surface area (Å²) in [6.45, 7) is 0.600. The van der Waals surface area contributed by atoms with E-state index in [-0.39, 0.29) is 5.91 Å². The Labute approximate surface area is 111 Å². The molecule has 1 amide bonds. The van der Waals surface area contributed by atoms with Crippen LogP contribution in [0.3, 0.4) is 0 Å². The third-order valence-electron chi connectivity index (χ3n) is 2.80. The van der Waals surface area contributed by atoms with Gasteiger partial charge in [-0.05, 0) is 28.0 Å². The van der Waals surface area contributed by atoms with E-state index in [1.165, 1.54) is 0 Å². The first-order chi connectivity index (χ1) is 8.68. The van der Waals surface area contributed by atoms with Crippen molar-refractivity contribution < 1.29 is 4.79 Å². The van der Waals surface area contributed by atoms with Gasteiger partial charge in [0.2, 0.25) is 5.91 Å². The first-order valence-corrected chi connectivity index (χ1v) is 6.69. The third-order valence-corrected chi connectivity index (χ3v) is 3.53. The number of carbonyl (C=O) groups excluding carboxylic acids is 1. The second kappa shape index (κ2) is 5.80. The van der Waals surface area contributed by atoms with Crippen molar-refractivity contribution >= 4 is 17.2 Å². The van der Waals surface area contributed by atoms with Gasteiger partial charge in [0, 0.05) is 13.6 Å². The highest BCUT2D eigenvalue weighted by atomic mass is 32.1. The molecule has 2 aromatic rings. The zero-order valence-corrected chi connectivity index (χ0v) is 11.1. The molecule has 1 aromatic heterocycles. The van der Waals surface area contributed by atoms with Gasteiger partial charge in [0.1, 0.15) is 6.04 Å². The van der Waals surface area contributed by atoms with Crippen LogP contribution in [0.15, 0.2) is 47.2 Å². The highest BCUT2D eigenvalue weighted by molar-refractivity contribution is 7.07. The topological polar surface area (TPSA) is 46.3 Å². The van der Waals surface area contributed by atoms with E-state index < -0.39 is 6.04 Å². The van der Waals surface area contributed by atoms with Crippen LogP contribution in [0.5, 0.6) is 0 Å². The van der Waals surface area contributed by atoms with E-state index in [0.29, 0.717) is 6.54 Å². The van der Waals surface area contributed by atoms with Crippen LogP contribution in [-0.4, -0.2) is 17.9 Å². The van der Waals surface area contributed by atoms with E-state index in [0.717, 1.165) is 11.1 Å². The fourth-order valence-electron chi connectivity index (χ4n) is 1.77. The van der Waals surface area contributed by atoms with E-state index in [9.17, 15) is 4.79 Å². The lowest BCUT2D eigenvalue weighted by Gasteiger charge is -2.21. The maximum Gasteiger partial charge on any atom is 0.244 e. The SMILES string of the molecule is CN(Cc1ccsc1)C(=O)[C@@H](N)c1ccccc1. The number of thiophene rings is 1. The van der Waals surface area contributed by atoms with Crippen LogP contribution >= 0.6 is 11.3 Å². The van der Waals surface area contributed by atoms with Crippen LogP contribution in [0.25, 0.3) is 0 Å². The Balaban J connectivity index is 2.02. The fraction of sp³-hybridized carbons (Fsp3) is 0.214. The van der Waals surface area contributed by atoms with Crippen molar-refractivity contribution in [2.45, 2.75) is 12.6 Å². The molecular weight excluding hydrogens is 244 g/mol. The van der Waals surface area contributed by atoms with Crippen molar-refractivity contribution in [3.05, 3.63) is 58.3 Å². The molecule has 0 aliphatic heterocycles. The Kier molecular flexibility index (Phi) is 4.12. The molecule has 4 heteroatoms. The Hall–Kier alpha value is -1.65. The lowest BCUT2D eigenvalue weighted by Crippen LogP contribution is -2.35. The minimum atomic E-state index is -0.588. The second-order valence-electron chi connectivity index (χ2n) is 4.21. The highest BCUT2D eigenvalue weighted by Gasteiger charge is 2.19. The van der Waals surface area contributed by atoms with Gasteiger partial charge in [0.15, 0.2) is 0 Å². The van der Waals surface area contributed by atoms with Crippen molar-refractivity contribution in [1.29, 1.82) is 0 Å². The maximum absolute atomic E-state index is 12.2. The van der Waals surface area contributed by atoms with Gasteiger partial charge in [-0.2, -0.15) is 11.3 Å². The summed E-state index contributed by atoms with van der Waals surface area (Å²) in [4.78, 5) is 13.8. The minimum Gasteiger partial charge on any atom is -0.340 e. The van der Waals surface area contributed by atoms with Crippen LogP contribution in [0.2, 0.25) is 0 Å². The lowest BCUT2D eigenvalue weighted by atomic mass is 10.1. The molecule has 2 rings (SSSR count). The molecule has 94 valence electrons. The molecular formula is C14H16N2OS. The summed E-state index contributed by atoms with van der Waals surface area (Å²) >= 11 is 1.63. The van der Waals surface area contributed by atoms with Crippen LogP contribution in [0.1, 0.15) is 17.2 Å². The Morgan fingerprint density at radius 1 is 1.33 bits per heavy atom. The summed E-state index contributed by atoms with van der Waals surface area (Å²) in [5.74, 6) is -0.0626. The molecule has 0 unspecified atom stereocenters. The Morgan fingerprint density at radius 3 is 2.67 bits per heavy atom. The van der Waals surface area contributed by atoms with Crippen molar-refractivity contribution in [3.63, 3.8) is 0 Å². The predicted molar refractivity (Wildman–Crippen MR) is 74.2 cm³/mol. The second-order valence-corrected chi connectivity index (χ2v) is 4.99. The summed E-state index contributed by atoms with van der Waals surface area (Å²) in [7, 11) is 1.78. The third kappa shape index (κ3) is 2.97. The highest BCUT2D eigenvalue weighted by Crippen LogP contribution is 2.14. The van der Waals surface area contributed by atoms with Crippen LogP contribution in [0.4, 0.5) is 0 Å². The Morgan fingerprint density at radius 2 is 2.06 bits per heavy atom. The summed E-state index contributed by atoms with van der Waals surface area (Å²) in [5.41, 5.74) is 7.96. The number of benzene rings is 1. The number of likely N-dealkylation sites (N-methyl/N-ethyl adjacent to an activating group) is 1. The van der Waals surface area contributed by atoms with Crippen LogP contribution in [-0.2, 0) is 11.3 Å². The number of amides is 1. The summed E-state index contributed by atoms with van der Waals surface area (Å²) < 4.78 is 0. The molecule has 2 N–H and O–H groups in total. The first kappa shape index (κ1) is 12.8. The number of hydrogen-bond acceptors (Lipinski definition) is 3. The summed E-state index contributed by atoms with van der Waals surface area (Å²) in [6, 6.07) is 10.9. The number of rotatable bonds is 4. The van der Waals surface area contributed by atoms with Crippen molar-refractivity contribution in [1.82, 2.24) is 4.90 Å². The van der Waals surface area contributed by atoms with E-state index in [2.05, 4.69) is 0 Å². The smallest absolute Gasteiger partial charge is 0.244 e. The monoisotopic (exact) mass is 260 g/mol. The molecule has 0 bridgehead atoms. The molecule has 1 aromatic carbocycles. The zero-order chi connectivity index (χ0) is 13.0. The van der Waals surface area contributed by atoms with Crippen LogP contribution < -0.4 is 5.73 Å². The van der Waals surface area contributed by atoms with Crippen molar-refractivity contribution in [2.24, 2.45) is 5.73 Å². The molecule has 3 nitrogen and oxygen atoms in total. The van der Waals surface area contributed by atoms with E-state index in [1.54, 1.807) is 23.3 Å². The summed E-state index contributed by atoms with van der Waals surface area (Å²) in [6.07, 6.45) is 0. The largest absolute Gasteiger partial charge is 0.340 e. The molecule has 0 spiro atoms. The molecule has 0 saturated carbocycles. The van der Waals surface area contributed by atoms with E-state index in [4.69, 9.17) is 5.73 Å². The van der Waals surface area contributed by atoms with Crippen LogP contribution in [0, 0.1) is 0 Å². The van der Waals surface area contributed by atoms with Gasteiger partial charge in [-0.25, -0.2) is 0 Å². The van der Waals surface area contributed by atoms with Gasteiger partial charge < -0.3 is 10.6 Å². The molecule has 18 heavy (non-hydrogen) atoms. The minimum absolute atomic E-state index is 0.0626. The summed E-state index contributed by atoms with van der Waals surface area (Å²) in [5, 5.41) is 4.04. The molecule has 1 atom stereocenters. The number of carbonyl (C=O) groups is 1. The average molecular weight is 260 g/mol. The molecule has 1 heterocycles. The fourth-order valence-corrected chi connectivity index (χ4v) is 2.43. The molecule has 0 aliphatic rings. The number of nitrogens with zero attached hydrogens (tertiary/aromatic N) is 1. The van der Waals surface area contributed by atoms with Gasteiger partial charge >= 0.3 is 0 Å². The molecule has 0 fully saturated rings. The standard InChI is InChI=1S/C14H16N2OS/c1-16(9-11-7-8-18-10-11)14(17)13(15)12-5-3-2-4-6-12/h2-8,10,13H,9,15H2,1H3/t13-/m0/s1. The average Bonchev–Trinajstić information content (AvgIpc) is 2.91. The van der Waals surface area contributed by atoms with E-state index in [1.807, 2.05) is 47.2 Å². The predicted octanol–water partition coefficient (Wildman–Crippen LogP) is 2.41. The van der Waals surface area contributed by atoms with Crippen molar-refractivity contribution in [2.75, 3.05) is 7.05 Å². The first-order valence-electron chi connectivity index (χ1n) is 5.75. The quantitative estimate of drug-likeness (QED) is 0.917. The van der Waals surface area contributed by atoms with Gasteiger partial charge in [-0.3, -0.25) is 4.79 Å². The normalized spacial score (nSPS) is 12.1. The molecule has 0 aliphatic carbocycles. The van der Waals surface area contributed by atoms with Gasteiger partial charge in [0.25, 0.3) is 0 Å². The van der Waals surface area contributed by atoms with Crippen molar-refractivity contribution in [3.8, 4) is 0 Å².